The summed E-state index contributed by atoms with van der Waals surface area (Å²) in [6.45, 7) is 2.33. The van der Waals surface area contributed by atoms with Crippen molar-refractivity contribution in [2.75, 3.05) is 13.2 Å². The molecule has 0 aliphatic heterocycles. The maximum absolute atomic E-state index is 10.8. The molecule has 0 aromatic heterocycles. The summed E-state index contributed by atoms with van der Waals surface area (Å²) in [4.78, 5) is 20.8. The molecule has 0 aliphatic carbocycles. The molecular formula is C13H15N3O4. The molecule has 0 spiro atoms. The number of nitro groups is 1. The highest BCUT2D eigenvalue weighted by atomic mass is 16.6. The van der Waals surface area contributed by atoms with E-state index in [1.165, 1.54) is 25.1 Å². The maximum atomic E-state index is 10.8. The molecule has 1 N–H and O–H groups in total. The van der Waals surface area contributed by atoms with Crippen molar-refractivity contribution in [2.45, 2.75) is 19.8 Å². The van der Waals surface area contributed by atoms with Crippen LogP contribution in [0.1, 0.15) is 25.3 Å². The summed E-state index contributed by atoms with van der Waals surface area (Å²) in [6.07, 6.45) is 1.41. The molecule has 0 unspecified atom stereocenters. The fraction of sp³-hybridized carbons (Fsp3) is 0.385. The molecule has 0 saturated heterocycles. The lowest BCUT2D eigenvalue weighted by Gasteiger charge is -2.08. The molecule has 0 fully saturated rings. The van der Waals surface area contributed by atoms with Gasteiger partial charge in [-0.3, -0.25) is 14.9 Å². The normalized spacial score (nSPS) is 9.60. The van der Waals surface area contributed by atoms with Gasteiger partial charge in [0, 0.05) is 19.5 Å². The van der Waals surface area contributed by atoms with Crippen molar-refractivity contribution in [1.29, 1.82) is 5.26 Å². The first-order valence-corrected chi connectivity index (χ1v) is 6.11. The van der Waals surface area contributed by atoms with Crippen LogP contribution in [0.2, 0.25) is 0 Å². The highest BCUT2D eigenvalue weighted by Gasteiger charge is 2.17. The first-order chi connectivity index (χ1) is 9.56. The van der Waals surface area contributed by atoms with E-state index in [4.69, 9.17) is 10.00 Å². The largest absolute Gasteiger partial charge is 0.492 e. The predicted octanol–water partition coefficient (Wildman–Crippen LogP) is 1.76. The van der Waals surface area contributed by atoms with E-state index in [1.807, 2.05) is 0 Å². The van der Waals surface area contributed by atoms with Gasteiger partial charge in [-0.2, -0.15) is 5.26 Å². The minimum absolute atomic E-state index is 0.0700. The standard InChI is InChI=1S/C13H15N3O4/c1-10(17)15-7-2-3-8-20-13-6-4-5-12(16(18)19)11(13)9-14/h4-6H,2-3,7-8H2,1H3,(H,15,17). The Bertz CT molecular complexity index is 537. The number of rotatable bonds is 7. The van der Waals surface area contributed by atoms with Crippen LogP contribution in [0.3, 0.4) is 0 Å². The Morgan fingerprint density at radius 1 is 1.50 bits per heavy atom. The van der Waals surface area contributed by atoms with Crippen LogP contribution >= 0.6 is 0 Å². The monoisotopic (exact) mass is 277 g/mol. The van der Waals surface area contributed by atoms with Crippen LogP contribution in [0.5, 0.6) is 5.75 Å². The van der Waals surface area contributed by atoms with E-state index in [1.54, 1.807) is 6.07 Å². The van der Waals surface area contributed by atoms with E-state index < -0.39 is 4.92 Å². The van der Waals surface area contributed by atoms with Crippen LogP contribution in [-0.4, -0.2) is 24.0 Å². The van der Waals surface area contributed by atoms with Gasteiger partial charge in [-0.15, -0.1) is 0 Å². The zero-order valence-electron chi connectivity index (χ0n) is 11.1. The molecule has 0 saturated carbocycles. The van der Waals surface area contributed by atoms with Crippen LogP contribution in [-0.2, 0) is 4.79 Å². The number of hydrogen-bond donors (Lipinski definition) is 1. The average molecular weight is 277 g/mol. The van der Waals surface area contributed by atoms with E-state index >= 15 is 0 Å². The fourth-order valence-corrected chi connectivity index (χ4v) is 1.58. The second-order valence-electron chi connectivity index (χ2n) is 4.06. The maximum Gasteiger partial charge on any atom is 0.290 e. The third-order valence-corrected chi connectivity index (χ3v) is 2.52. The number of carbonyl (C=O) groups is 1. The van der Waals surface area contributed by atoms with Crippen LogP contribution in [0.15, 0.2) is 18.2 Å². The van der Waals surface area contributed by atoms with Gasteiger partial charge in [0.2, 0.25) is 5.91 Å². The summed E-state index contributed by atoms with van der Waals surface area (Å²) in [5, 5.41) is 22.4. The molecule has 1 amide bonds. The van der Waals surface area contributed by atoms with Gasteiger partial charge in [0.05, 0.1) is 11.5 Å². The average Bonchev–Trinajstić information content (AvgIpc) is 2.41. The molecule has 0 atom stereocenters. The fourth-order valence-electron chi connectivity index (χ4n) is 1.58. The first kappa shape index (κ1) is 15.4. The van der Waals surface area contributed by atoms with Gasteiger partial charge in [-0.1, -0.05) is 6.07 Å². The Balaban J connectivity index is 2.52. The van der Waals surface area contributed by atoms with Gasteiger partial charge in [0.25, 0.3) is 5.69 Å². The molecule has 0 radical (unpaired) electrons. The summed E-state index contributed by atoms with van der Waals surface area (Å²) >= 11 is 0. The number of nitrogens with zero attached hydrogens (tertiary/aromatic N) is 2. The van der Waals surface area contributed by atoms with Gasteiger partial charge in [0.1, 0.15) is 11.8 Å². The number of unbranched alkanes of at least 4 members (excludes halogenated alkanes) is 1. The van der Waals surface area contributed by atoms with Crippen LogP contribution < -0.4 is 10.1 Å². The third kappa shape index (κ3) is 4.57. The van der Waals surface area contributed by atoms with E-state index in [0.29, 0.717) is 19.6 Å². The third-order valence-electron chi connectivity index (χ3n) is 2.52. The second-order valence-corrected chi connectivity index (χ2v) is 4.06. The van der Waals surface area contributed by atoms with E-state index in [9.17, 15) is 14.9 Å². The summed E-state index contributed by atoms with van der Waals surface area (Å²) in [5.41, 5.74) is -0.331. The molecule has 1 aromatic rings. The molecule has 0 aliphatic rings. The van der Waals surface area contributed by atoms with Crippen LogP contribution in [0.4, 0.5) is 5.69 Å². The Morgan fingerprint density at radius 2 is 2.25 bits per heavy atom. The molecule has 106 valence electrons. The Labute approximate surface area is 116 Å². The molecule has 7 heteroatoms. The summed E-state index contributed by atoms with van der Waals surface area (Å²) in [6, 6.07) is 6.06. The van der Waals surface area contributed by atoms with Gasteiger partial charge in [0.15, 0.2) is 5.56 Å². The quantitative estimate of drug-likeness (QED) is 0.464. The number of hydrogen-bond acceptors (Lipinski definition) is 5. The zero-order valence-corrected chi connectivity index (χ0v) is 11.1. The summed E-state index contributed by atoms with van der Waals surface area (Å²) < 4.78 is 5.39. The van der Waals surface area contributed by atoms with E-state index in [0.717, 1.165) is 6.42 Å². The van der Waals surface area contributed by atoms with Crippen LogP contribution in [0.25, 0.3) is 0 Å². The number of benzene rings is 1. The Hall–Kier alpha value is -2.62. The smallest absolute Gasteiger partial charge is 0.290 e. The number of nitrogens with one attached hydrogen (secondary N) is 1. The minimum atomic E-state index is -0.609. The van der Waals surface area contributed by atoms with Crippen molar-refractivity contribution in [3.8, 4) is 11.8 Å². The Morgan fingerprint density at radius 3 is 2.85 bits per heavy atom. The van der Waals surface area contributed by atoms with Crippen molar-refractivity contribution < 1.29 is 14.5 Å². The lowest BCUT2D eigenvalue weighted by molar-refractivity contribution is -0.385. The molecule has 20 heavy (non-hydrogen) atoms. The lowest BCUT2D eigenvalue weighted by Crippen LogP contribution is -2.21. The highest BCUT2D eigenvalue weighted by Crippen LogP contribution is 2.27. The van der Waals surface area contributed by atoms with Crippen molar-refractivity contribution in [3.63, 3.8) is 0 Å². The van der Waals surface area contributed by atoms with Crippen molar-refractivity contribution >= 4 is 11.6 Å². The topological polar surface area (TPSA) is 105 Å². The molecular weight excluding hydrogens is 262 g/mol. The summed E-state index contributed by atoms with van der Waals surface area (Å²) in [7, 11) is 0. The second kappa shape index (κ2) is 7.74. The Kier molecular flexibility index (Phi) is 5.97. The van der Waals surface area contributed by atoms with Crippen molar-refractivity contribution in [1.82, 2.24) is 5.32 Å². The van der Waals surface area contributed by atoms with Gasteiger partial charge < -0.3 is 10.1 Å². The minimum Gasteiger partial charge on any atom is -0.492 e. The predicted molar refractivity (Wildman–Crippen MR) is 71.2 cm³/mol. The molecule has 0 heterocycles. The van der Waals surface area contributed by atoms with E-state index in [2.05, 4.69) is 5.32 Å². The van der Waals surface area contributed by atoms with Crippen LogP contribution in [0, 0.1) is 21.4 Å². The number of amides is 1. The first-order valence-electron chi connectivity index (χ1n) is 6.11. The highest BCUT2D eigenvalue weighted by molar-refractivity contribution is 5.72. The van der Waals surface area contributed by atoms with Crippen molar-refractivity contribution in [3.05, 3.63) is 33.9 Å². The SMILES string of the molecule is CC(=O)NCCCCOc1cccc([N+](=O)[O-])c1C#N. The zero-order chi connectivity index (χ0) is 15.0. The van der Waals surface area contributed by atoms with Gasteiger partial charge >= 0.3 is 0 Å². The molecule has 1 rings (SSSR count). The number of nitro benzene ring substituents is 1. The number of nitriles is 1. The van der Waals surface area contributed by atoms with Crippen molar-refractivity contribution in [2.24, 2.45) is 0 Å². The summed E-state index contributed by atoms with van der Waals surface area (Å²) in [5.74, 6) is 0.123. The van der Waals surface area contributed by atoms with Gasteiger partial charge in [-0.05, 0) is 18.9 Å². The van der Waals surface area contributed by atoms with Gasteiger partial charge in [-0.25, -0.2) is 0 Å². The number of carbonyl (C=O) groups excluding carboxylic acids is 1. The molecule has 0 bridgehead atoms. The lowest BCUT2D eigenvalue weighted by atomic mass is 10.2. The van der Waals surface area contributed by atoms with E-state index in [-0.39, 0.29) is 22.9 Å². The molecule has 1 aromatic carbocycles. The molecule has 7 nitrogen and oxygen atoms in total. The number of ether oxygens (including phenoxy) is 1.